The predicted octanol–water partition coefficient (Wildman–Crippen LogP) is 4.18. The van der Waals surface area contributed by atoms with Crippen LogP contribution in [0.1, 0.15) is 48.5 Å². The van der Waals surface area contributed by atoms with Crippen LogP contribution in [-0.2, 0) is 14.0 Å². The van der Waals surface area contributed by atoms with Crippen molar-refractivity contribution in [3.8, 4) is 0 Å². The van der Waals surface area contributed by atoms with E-state index in [-0.39, 0.29) is 16.3 Å². The van der Waals surface area contributed by atoms with E-state index < -0.39 is 20.0 Å². The van der Waals surface area contributed by atoms with Gasteiger partial charge in [-0.3, -0.25) is 4.79 Å². The maximum atomic E-state index is 11.8. The van der Waals surface area contributed by atoms with Gasteiger partial charge in [-0.25, -0.2) is 4.79 Å². The molecule has 136 valence electrons. The molecule has 0 rings (SSSR count). The Bertz CT molecular complexity index is 413. The van der Waals surface area contributed by atoms with Crippen molar-refractivity contribution in [3.63, 3.8) is 0 Å². The molecule has 0 unspecified atom stereocenters. The number of alkyl carbamates (subject to hydrolysis) is 1. The van der Waals surface area contributed by atoms with Crippen LogP contribution in [0.3, 0.4) is 0 Å². The fraction of sp³-hybridized carbons (Fsp3) is 0.875. The van der Waals surface area contributed by atoms with Crippen LogP contribution >= 0.6 is 11.8 Å². The Morgan fingerprint density at radius 2 is 1.65 bits per heavy atom. The van der Waals surface area contributed by atoms with Crippen molar-refractivity contribution in [2.24, 2.45) is 0 Å². The van der Waals surface area contributed by atoms with E-state index in [0.29, 0.717) is 12.3 Å². The highest BCUT2D eigenvalue weighted by Crippen LogP contribution is 2.37. The molecule has 1 atom stereocenters. The van der Waals surface area contributed by atoms with Crippen LogP contribution < -0.4 is 5.32 Å². The summed E-state index contributed by atoms with van der Waals surface area (Å²) in [6.07, 6.45) is -0.675. The molecule has 0 aliphatic rings. The molecule has 0 aromatic carbocycles. The van der Waals surface area contributed by atoms with E-state index in [1.807, 2.05) is 20.8 Å². The van der Waals surface area contributed by atoms with Gasteiger partial charge in [0.1, 0.15) is 5.60 Å². The van der Waals surface area contributed by atoms with Crippen LogP contribution in [0.4, 0.5) is 4.79 Å². The fourth-order valence-electron chi connectivity index (χ4n) is 1.45. The van der Waals surface area contributed by atoms with Gasteiger partial charge in [0, 0.05) is 19.2 Å². The normalized spacial score (nSPS) is 14.3. The molecule has 0 aliphatic carbocycles. The minimum Gasteiger partial charge on any atom is -0.444 e. The smallest absolute Gasteiger partial charge is 0.407 e. The monoisotopic (exact) mass is 363 g/mol. The minimum absolute atomic E-state index is 0.0473. The van der Waals surface area contributed by atoms with E-state index in [9.17, 15) is 9.59 Å². The molecule has 0 aromatic rings. The van der Waals surface area contributed by atoms with Gasteiger partial charge < -0.3 is 14.5 Å². The molecule has 5 nitrogen and oxygen atoms in total. The molecule has 0 radical (unpaired) electrons. The minimum atomic E-state index is -1.98. The summed E-state index contributed by atoms with van der Waals surface area (Å²) in [5.74, 6) is 0.525. The third kappa shape index (κ3) is 10.0. The molecule has 0 aliphatic heterocycles. The average Bonchev–Trinajstić information content (AvgIpc) is 2.28. The number of carbonyl (C=O) groups excluding carboxylic acids is 2. The molecule has 0 heterocycles. The Kier molecular flexibility index (Phi) is 8.33. The molecule has 0 bridgehead atoms. The number of hydrogen-bond donors (Lipinski definition) is 1. The van der Waals surface area contributed by atoms with E-state index in [4.69, 9.17) is 9.16 Å². The molecule has 0 aromatic heterocycles. The first-order valence-corrected chi connectivity index (χ1v) is 11.8. The van der Waals surface area contributed by atoms with Crippen LogP contribution in [0.15, 0.2) is 0 Å². The van der Waals surface area contributed by atoms with Crippen LogP contribution in [0.2, 0.25) is 18.1 Å². The van der Waals surface area contributed by atoms with Crippen LogP contribution in [-0.4, -0.2) is 43.5 Å². The zero-order chi connectivity index (χ0) is 18.5. The highest BCUT2D eigenvalue weighted by atomic mass is 32.2. The number of hydrogen-bond acceptors (Lipinski definition) is 5. The molecule has 1 N–H and O–H groups in total. The number of nitrogens with one attached hydrogen (secondary N) is 1. The molecule has 0 fully saturated rings. The van der Waals surface area contributed by atoms with Gasteiger partial charge >= 0.3 is 6.09 Å². The van der Waals surface area contributed by atoms with Crippen LogP contribution in [0.5, 0.6) is 0 Å². The Hall–Kier alpha value is -0.533. The molecule has 23 heavy (non-hydrogen) atoms. The van der Waals surface area contributed by atoms with Gasteiger partial charge in [0.2, 0.25) is 0 Å². The second kappa shape index (κ2) is 8.53. The van der Waals surface area contributed by atoms with Gasteiger partial charge in [-0.2, -0.15) is 0 Å². The zero-order valence-electron chi connectivity index (χ0n) is 16.0. The summed E-state index contributed by atoms with van der Waals surface area (Å²) in [5.41, 5.74) is -0.534. The molecular formula is C16H33NO4SSi. The molecule has 0 saturated heterocycles. The van der Waals surface area contributed by atoms with E-state index in [1.165, 1.54) is 18.7 Å². The molecule has 1 amide bonds. The summed E-state index contributed by atoms with van der Waals surface area (Å²) in [7, 11) is -1.98. The van der Waals surface area contributed by atoms with E-state index in [0.717, 1.165) is 0 Å². The van der Waals surface area contributed by atoms with E-state index in [1.54, 1.807) is 0 Å². The van der Waals surface area contributed by atoms with Crippen molar-refractivity contribution in [1.29, 1.82) is 0 Å². The number of thioether (sulfide) groups is 1. The van der Waals surface area contributed by atoms with E-state index >= 15 is 0 Å². The summed E-state index contributed by atoms with van der Waals surface area (Å²) in [4.78, 5) is 23.1. The third-order valence-electron chi connectivity index (χ3n) is 3.61. The predicted molar refractivity (Wildman–Crippen MR) is 99.4 cm³/mol. The lowest BCUT2D eigenvalue weighted by atomic mass is 10.2. The summed E-state index contributed by atoms with van der Waals surface area (Å²) in [6, 6.07) is 0. The largest absolute Gasteiger partial charge is 0.444 e. The van der Waals surface area contributed by atoms with Crippen molar-refractivity contribution in [2.75, 3.05) is 12.3 Å². The third-order valence-corrected chi connectivity index (χ3v) is 9.09. The Morgan fingerprint density at radius 1 is 1.13 bits per heavy atom. The Balaban J connectivity index is 4.76. The van der Waals surface area contributed by atoms with Gasteiger partial charge in [0.25, 0.3) is 0 Å². The van der Waals surface area contributed by atoms with Crippen molar-refractivity contribution >= 4 is 31.3 Å². The fourth-order valence-corrected chi connectivity index (χ4v) is 3.53. The lowest BCUT2D eigenvalue weighted by molar-refractivity contribution is -0.109. The number of ether oxygens (including phenoxy) is 1. The second-order valence-corrected chi connectivity index (χ2v) is 14.1. The Labute approximate surface area is 146 Å². The Morgan fingerprint density at radius 3 is 2.04 bits per heavy atom. The lowest BCUT2D eigenvalue weighted by Gasteiger charge is -2.39. The van der Waals surface area contributed by atoms with Gasteiger partial charge in [-0.15, -0.1) is 0 Å². The van der Waals surface area contributed by atoms with Gasteiger partial charge in [0.15, 0.2) is 13.4 Å². The van der Waals surface area contributed by atoms with E-state index in [2.05, 4.69) is 39.2 Å². The number of carbonyl (C=O) groups is 2. The summed E-state index contributed by atoms with van der Waals surface area (Å²) in [6.45, 7) is 18.1. The first-order valence-electron chi connectivity index (χ1n) is 7.92. The highest BCUT2D eigenvalue weighted by Gasteiger charge is 2.39. The van der Waals surface area contributed by atoms with Gasteiger partial charge in [-0.1, -0.05) is 32.5 Å². The first-order chi connectivity index (χ1) is 10.1. The molecule has 7 heteroatoms. The maximum Gasteiger partial charge on any atom is 0.407 e. The SMILES string of the molecule is CC(=O)SC[C@@H](CNC(=O)OC(C)(C)C)O[Si](C)(C)C(C)(C)C. The summed E-state index contributed by atoms with van der Waals surface area (Å²) >= 11 is 1.22. The average molecular weight is 364 g/mol. The number of rotatable bonds is 6. The van der Waals surface area contributed by atoms with Gasteiger partial charge in [-0.05, 0) is 38.9 Å². The van der Waals surface area contributed by atoms with Gasteiger partial charge in [0.05, 0.1) is 6.10 Å². The zero-order valence-corrected chi connectivity index (χ0v) is 17.8. The standard InChI is InChI=1S/C16H33NO4SSi/c1-12(18)22-11-13(21-23(8,9)16(5,6)7)10-17-14(19)20-15(2,3)4/h13H,10-11H2,1-9H3,(H,17,19)/t13-/m1/s1. The van der Waals surface area contributed by atoms with Crippen LogP contribution in [0, 0.1) is 0 Å². The van der Waals surface area contributed by atoms with Crippen LogP contribution in [0.25, 0.3) is 0 Å². The van der Waals surface area contributed by atoms with Crippen molar-refractivity contribution in [3.05, 3.63) is 0 Å². The molecular weight excluding hydrogens is 330 g/mol. The number of amides is 1. The van der Waals surface area contributed by atoms with Crippen molar-refractivity contribution < 1.29 is 18.8 Å². The maximum absolute atomic E-state index is 11.8. The lowest BCUT2D eigenvalue weighted by Crippen LogP contribution is -2.48. The topological polar surface area (TPSA) is 64.6 Å². The van der Waals surface area contributed by atoms with Crippen molar-refractivity contribution in [1.82, 2.24) is 5.32 Å². The molecule has 0 spiro atoms. The quantitative estimate of drug-likeness (QED) is 0.717. The summed E-state index contributed by atoms with van der Waals surface area (Å²) in [5, 5.41) is 2.86. The second-order valence-electron chi connectivity index (χ2n) is 8.19. The summed E-state index contributed by atoms with van der Waals surface area (Å²) < 4.78 is 11.6. The first kappa shape index (κ1) is 22.5. The highest BCUT2D eigenvalue weighted by molar-refractivity contribution is 8.13. The molecule has 0 saturated carbocycles. The van der Waals surface area contributed by atoms with Crippen molar-refractivity contribution in [2.45, 2.75) is 78.3 Å².